The average Bonchev–Trinajstić information content (AvgIpc) is 2.92. The summed E-state index contributed by atoms with van der Waals surface area (Å²) in [4.78, 5) is 16.7. The Balaban J connectivity index is 2.03. The highest BCUT2D eigenvalue weighted by Gasteiger charge is 2.08. The Morgan fingerprint density at radius 2 is 1.95 bits per heavy atom. The summed E-state index contributed by atoms with van der Waals surface area (Å²) in [6, 6.07) is 14.9. The summed E-state index contributed by atoms with van der Waals surface area (Å²) in [5, 5.41) is 2.08. The third-order valence-corrected chi connectivity index (χ3v) is 4.70. The molecular formula is C16H9ClN2OS. The standard InChI is InChI=1S/C16H9ClN2OS/c17-10-5-6-15-11(7-10)14(20)8-16(21-15)19-9-18-12-3-1-2-4-13(12)19/h1-9H. The van der Waals surface area contributed by atoms with Crippen LogP contribution in [0.15, 0.2) is 59.7 Å². The van der Waals surface area contributed by atoms with Crippen LogP contribution in [0.2, 0.25) is 5.02 Å². The molecule has 0 saturated carbocycles. The van der Waals surface area contributed by atoms with Gasteiger partial charge in [0.1, 0.15) is 11.3 Å². The summed E-state index contributed by atoms with van der Waals surface area (Å²) >= 11 is 7.51. The number of nitrogens with zero attached hydrogens (tertiary/aromatic N) is 2. The number of halogens is 1. The molecule has 0 aliphatic carbocycles. The van der Waals surface area contributed by atoms with Crippen LogP contribution in [0, 0.1) is 0 Å². The predicted octanol–water partition coefficient (Wildman–Crippen LogP) is 4.25. The lowest BCUT2D eigenvalue weighted by molar-refractivity contribution is 1.12. The van der Waals surface area contributed by atoms with Crippen molar-refractivity contribution >= 4 is 44.1 Å². The molecule has 0 aliphatic heterocycles. The monoisotopic (exact) mass is 312 g/mol. The molecule has 2 aromatic carbocycles. The molecule has 0 N–H and O–H groups in total. The lowest BCUT2D eigenvalue weighted by atomic mass is 10.2. The second-order valence-electron chi connectivity index (χ2n) is 4.69. The van der Waals surface area contributed by atoms with Crippen LogP contribution in [0.3, 0.4) is 0 Å². The number of imidazole rings is 1. The smallest absolute Gasteiger partial charge is 0.190 e. The maximum absolute atomic E-state index is 12.3. The van der Waals surface area contributed by atoms with Crippen LogP contribution in [-0.4, -0.2) is 9.55 Å². The Kier molecular flexibility index (Phi) is 2.80. The fraction of sp³-hybridized carbons (Fsp3) is 0. The second-order valence-corrected chi connectivity index (χ2v) is 6.19. The quantitative estimate of drug-likeness (QED) is 0.526. The number of benzene rings is 2. The molecule has 2 heterocycles. The first-order chi connectivity index (χ1) is 10.2. The van der Waals surface area contributed by atoms with Crippen LogP contribution in [0.1, 0.15) is 0 Å². The van der Waals surface area contributed by atoms with Gasteiger partial charge in [-0.05, 0) is 30.3 Å². The molecule has 2 aromatic heterocycles. The van der Waals surface area contributed by atoms with Crippen molar-refractivity contribution in [2.75, 3.05) is 0 Å². The van der Waals surface area contributed by atoms with E-state index in [1.807, 2.05) is 34.9 Å². The van der Waals surface area contributed by atoms with Gasteiger partial charge in [0, 0.05) is 21.2 Å². The molecular weight excluding hydrogens is 304 g/mol. The summed E-state index contributed by atoms with van der Waals surface area (Å²) in [5.74, 6) is 0. The number of rotatable bonds is 1. The number of hydrogen-bond donors (Lipinski definition) is 0. The van der Waals surface area contributed by atoms with Crippen molar-refractivity contribution in [1.82, 2.24) is 9.55 Å². The van der Waals surface area contributed by atoms with Gasteiger partial charge in [-0.2, -0.15) is 0 Å². The van der Waals surface area contributed by atoms with Gasteiger partial charge in [0.05, 0.1) is 11.0 Å². The van der Waals surface area contributed by atoms with Crippen LogP contribution in [0.5, 0.6) is 0 Å². The van der Waals surface area contributed by atoms with Crippen molar-refractivity contribution in [3.05, 3.63) is 70.1 Å². The van der Waals surface area contributed by atoms with E-state index < -0.39 is 0 Å². The minimum absolute atomic E-state index is 0.0287. The zero-order valence-electron chi connectivity index (χ0n) is 10.8. The van der Waals surface area contributed by atoms with E-state index in [4.69, 9.17) is 11.6 Å². The van der Waals surface area contributed by atoms with Crippen LogP contribution < -0.4 is 5.43 Å². The number of fused-ring (bicyclic) bond motifs is 2. The first kappa shape index (κ1) is 12.6. The Hall–Kier alpha value is -2.17. The third kappa shape index (κ3) is 2.04. The van der Waals surface area contributed by atoms with Gasteiger partial charge in [-0.15, -0.1) is 11.3 Å². The Morgan fingerprint density at radius 3 is 2.86 bits per heavy atom. The van der Waals surface area contributed by atoms with Crippen LogP contribution in [0.25, 0.3) is 26.1 Å². The van der Waals surface area contributed by atoms with Crippen molar-refractivity contribution < 1.29 is 0 Å². The van der Waals surface area contributed by atoms with Gasteiger partial charge in [-0.3, -0.25) is 9.36 Å². The lowest BCUT2D eigenvalue weighted by Crippen LogP contribution is -2.02. The van der Waals surface area contributed by atoms with E-state index in [-0.39, 0.29) is 5.43 Å². The fourth-order valence-corrected chi connectivity index (χ4v) is 3.58. The van der Waals surface area contributed by atoms with E-state index in [1.54, 1.807) is 35.9 Å². The highest BCUT2D eigenvalue weighted by molar-refractivity contribution is 7.20. The third-order valence-electron chi connectivity index (χ3n) is 3.37. The van der Waals surface area contributed by atoms with Crippen LogP contribution in [0.4, 0.5) is 0 Å². The SMILES string of the molecule is O=c1cc(-n2cnc3ccccc32)sc2ccc(Cl)cc12. The maximum atomic E-state index is 12.3. The van der Waals surface area contributed by atoms with Crippen molar-refractivity contribution in [1.29, 1.82) is 0 Å². The molecule has 0 aliphatic rings. The molecule has 0 unspecified atom stereocenters. The van der Waals surface area contributed by atoms with E-state index >= 15 is 0 Å². The highest BCUT2D eigenvalue weighted by Crippen LogP contribution is 2.26. The molecule has 5 heteroatoms. The van der Waals surface area contributed by atoms with Gasteiger partial charge in [0.2, 0.25) is 0 Å². The number of aromatic nitrogens is 2. The Morgan fingerprint density at radius 1 is 1.10 bits per heavy atom. The molecule has 3 nitrogen and oxygen atoms in total. The molecule has 0 fully saturated rings. The molecule has 102 valence electrons. The number of hydrogen-bond acceptors (Lipinski definition) is 3. The Bertz CT molecular complexity index is 1040. The van der Waals surface area contributed by atoms with Gasteiger partial charge >= 0.3 is 0 Å². The van der Waals surface area contributed by atoms with E-state index in [0.29, 0.717) is 10.4 Å². The normalized spacial score (nSPS) is 11.3. The average molecular weight is 313 g/mol. The van der Waals surface area contributed by atoms with Gasteiger partial charge < -0.3 is 0 Å². The van der Waals surface area contributed by atoms with Crippen molar-refractivity contribution in [2.45, 2.75) is 0 Å². The zero-order valence-corrected chi connectivity index (χ0v) is 12.4. The van der Waals surface area contributed by atoms with Crippen LogP contribution in [-0.2, 0) is 0 Å². The molecule has 0 saturated heterocycles. The Labute approximate surface area is 129 Å². The van der Waals surface area contributed by atoms with Gasteiger partial charge in [-0.25, -0.2) is 4.98 Å². The molecule has 0 radical (unpaired) electrons. The van der Waals surface area contributed by atoms with Gasteiger partial charge in [0.25, 0.3) is 0 Å². The molecule has 0 atom stereocenters. The fourth-order valence-electron chi connectivity index (χ4n) is 2.37. The molecule has 4 rings (SSSR count). The van der Waals surface area contributed by atoms with Crippen molar-refractivity contribution in [3.63, 3.8) is 0 Å². The first-order valence-corrected chi connectivity index (χ1v) is 7.58. The topological polar surface area (TPSA) is 34.9 Å². The minimum atomic E-state index is -0.0287. The highest BCUT2D eigenvalue weighted by atomic mass is 35.5. The summed E-state index contributed by atoms with van der Waals surface area (Å²) in [7, 11) is 0. The molecule has 4 aromatic rings. The molecule has 0 amide bonds. The van der Waals surface area contributed by atoms with E-state index in [2.05, 4.69) is 4.98 Å². The van der Waals surface area contributed by atoms with Gasteiger partial charge in [0.15, 0.2) is 5.43 Å². The minimum Gasteiger partial charge on any atom is -0.290 e. The first-order valence-electron chi connectivity index (χ1n) is 6.38. The summed E-state index contributed by atoms with van der Waals surface area (Å²) in [6.45, 7) is 0. The molecule has 21 heavy (non-hydrogen) atoms. The van der Waals surface area contributed by atoms with E-state index in [1.165, 1.54) is 0 Å². The summed E-state index contributed by atoms with van der Waals surface area (Å²) in [5.41, 5.74) is 1.87. The van der Waals surface area contributed by atoms with Crippen molar-refractivity contribution in [3.8, 4) is 5.00 Å². The number of para-hydroxylation sites is 2. The van der Waals surface area contributed by atoms with Crippen LogP contribution >= 0.6 is 22.9 Å². The second kappa shape index (κ2) is 4.69. The summed E-state index contributed by atoms with van der Waals surface area (Å²) in [6.07, 6.45) is 1.75. The molecule has 0 bridgehead atoms. The lowest BCUT2D eigenvalue weighted by Gasteiger charge is -2.05. The van der Waals surface area contributed by atoms with Crippen molar-refractivity contribution in [2.24, 2.45) is 0 Å². The predicted molar refractivity (Wildman–Crippen MR) is 87.7 cm³/mol. The summed E-state index contributed by atoms with van der Waals surface area (Å²) < 4.78 is 2.86. The van der Waals surface area contributed by atoms with E-state index in [9.17, 15) is 4.79 Å². The molecule has 0 spiro atoms. The maximum Gasteiger partial charge on any atom is 0.190 e. The zero-order chi connectivity index (χ0) is 14.4. The largest absolute Gasteiger partial charge is 0.290 e. The van der Waals surface area contributed by atoms with E-state index in [0.717, 1.165) is 20.7 Å². The van der Waals surface area contributed by atoms with Gasteiger partial charge in [-0.1, -0.05) is 23.7 Å².